The van der Waals surface area contributed by atoms with E-state index in [1.807, 2.05) is 54.6 Å². The van der Waals surface area contributed by atoms with E-state index in [4.69, 9.17) is 22.1 Å². The Kier molecular flexibility index (Phi) is 5.10. The number of fused-ring (bicyclic) bond motifs is 1. The van der Waals surface area contributed by atoms with Crippen LogP contribution in [0.1, 0.15) is 0 Å². The van der Waals surface area contributed by atoms with E-state index in [2.05, 4.69) is 20.4 Å². The number of nitrogen functional groups attached to an aromatic ring is 1. The van der Waals surface area contributed by atoms with Crippen molar-refractivity contribution in [2.75, 3.05) is 31.3 Å². The summed E-state index contributed by atoms with van der Waals surface area (Å²) in [4.78, 5) is 9.23. The molecule has 4 rings (SSSR count). The molecule has 8 heteroatoms. The van der Waals surface area contributed by atoms with Crippen LogP contribution in [0, 0.1) is 0 Å². The molecule has 4 aromatic rings. The second kappa shape index (κ2) is 7.84. The number of nitrogens with zero attached hydrogens (tertiary/aromatic N) is 4. The van der Waals surface area contributed by atoms with Gasteiger partial charge in [-0.15, -0.1) is 5.10 Å². The number of ether oxygens (including phenoxy) is 1. The summed E-state index contributed by atoms with van der Waals surface area (Å²) in [6, 6.07) is 17.1. The summed E-state index contributed by atoms with van der Waals surface area (Å²) in [5.41, 5.74) is 9.41. The van der Waals surface area contributed by atoms with Crippen molar-refractivity contribution in [2.45, 2.75) is 0 Å². The van der Waals surface area contributed by atoms with Gasteiger partial charge in [0.2, 0.25) is 5.95 Å². The van der Waals surface area contributed by atoms with Crippen LogP contribution in [0.25, 0.3) is 28.0 Å². The van der Waals surface area contributed by atoms with Gasteiger partial charge in [-0.1, -0.05) is 41.9 Å². The minimum Gasteiger partial charge on any atom is -0.383 e. The van der Waals surface area contributed by atoms with E-state index in [-0.39, 0.29) is 0 Å². The number of hydrogen-bond donors (Lipinski definition) is 2. The Hall–Kier alpha value is -3.16. The lowest BCUT2D eigenvalue weighted by Crippen LogP contribution is -2.10. The van der Waals surface area contributed by atoms with Gasteiger partial charge in [-0.25, -0.2) is 9.67 Å². The maximum absolute atomic E-state index is 6.46. The molecule has 0 saturated carbocycles. The summed E-state index contributed by atoms with van der Waals surface area (Å²) in [5.74, 6) is 0.946. The molecule has 0 unspecified atom stereocenters. The number of nitrogens with one attached hydrogen (secondary N) is 1. The fraction of sp³-hybridized carbons (Fsp3) is 0.150. The van der Waals surface area contributed by atoms with Crippen molar-refractivity contribution in [3.8, 4) is 16.9 Å². The molecule has 2 aromatic carbocycles. The maximum Gasteiger partial charge on any atom is 0.225 e. The highest BCUT2D eigenvalue weighted by Gasteiger charge is 2.19. The number of aromatic nitrogens is 4. The Morgan fingerprint density at radius 3 is 2.54 bits per heavy atom. The number of para-hydroxylation sites is 1. The van der Waals surface area contributed by atoms with Gasteiger partial charge in [0.05, 0.1) is 23.4 Å². The van der Waals surface area contributed by atoms with Crippen LogP contribution in [0.15, 0.2) is 54.6 Å². The number of halogens is 1. The van der Waals surface area contributed by atoms with Gasteiger partial charge in [-0.2, -0.15) is 4.98 Å². The molecular weight excluding hydrogens is 376 g/mol. The molecule has 0 radical (unpaired) electrons. The Bertz CT molecular complexity index is 1100. The second-order valence-electron chi connectivity index (χ2n) is 6.15. The largest absolute Gasteiger partial charge is 0.383 e. The van der Waals surface area contributed by atoms with Crippen LogP contribution < -0.4 is 11.1 Å². The van der Waals surface area contributed by atoms with E-state index >= 15 is 0 Å². The first-order valence-corrected chi connectivity index (χ1v) is 9.15. The molecule has 0 saturated heterocycles. The molecule has 2 aromatic heterocycles. The monoisotopic (exact) mass is 394 g/mol. The van der Waals surface area contributed by atoms with Crippen molar-refractivity contribution >= 4 is 34.4 Å². The molecule has 3 N–H and O–H groups in total. The van der Waals surface area contributed by atoms with Crippen LogP contribution in [0.2, 0.25) is 5.02 Å². The van der Waals surface area contributed by atoms with Gasteiger partial charge < -0.3 is 15.8 Å². The molecule has 2 heterocycles. The quantitative estimate of drug-likeness (QED) is 0.484. The van der Waals surface area contributed by atoms with Crippen LogP contribution in [-0.4, -0.2) is 40.0 Å². The van der Waals surface area contributed by atoms with Gasteiger partial charge in [-0.05, 0) is 24.3 Å². The Morgan fingerprint density at radius 2 is 1.82 bits per heavy atom. The summed E-state index contributed by atoms with van der Waals surface area (Å²) in [7, 11) is 1.65. The smallest absolute Gasteiger partial charge is 0.225 e. The maximum atomic E-state index is 6.46. The lowest BCUT2D eigenvalue weighted by Gasteiger charge is -2.08. The number of anilines is 2. The van der Waals surface area contributed by atoms with E-state index in [0.717, 1.165) is 11.3 Å². The molecule has 0 atom stereocenters. The summed E-state index contributed by atoms with van der Waals surface area (Å²) < 4.78 is 6.77. The predicted molar refractivity (Wildman–Crippen MR) is 112 cm³/mol. The highest BCUT2D eigenvalue weighted by Crippen LogP contribution is 2.33. The van der Waals surface area contributed by atoms with Crippen LogP contribution >= 0.6 is 11.6 Å². The minimum atomic E-state index is 0.465. The molecule has 0 fully saturated rings. The van der Waals surface area contributed by atoms with Crippen molar-refractivity contribution in [2.24, 2.45) is 0 Å². The van der Waals surface area contributed by atoms with Gasteiger partial charge in [-0.3, -0.25) is 0 Å². The van der Waals surface area contributed by atoms with Gasteiger partial charge in [0.25, 0.3) is 0 Å². The third-order valence-corrected chi connectivity index (χ3v) is 4.53. The second-order valence-corrected chi connectivity index (χ2v) is 6.59. The third kappa shape index (κ3) is 3.49. The van der Waals surface area contributed by atoms with Crippen molar-refractivity contribution in [1.29, 1.82) is 0 Å². The molecule has 0 spiro atoms. The van der Waals surface area contributed by atoms with E-state index < -0.39 is 0 Å². The van der Waals surface area contributed by atoms with Gasteiger partial charge in [0.15, 0.2) is 5.65 Å². The number of rotatable bonds is 6. The first-order chi connectivity index (χ1) is 13.7. The van der Waals surface area contributed by atoms with Crippen LogP contribution in [0.4, 0.5) is 11.8 Å². The fourth-order valence-electron chi connectivity index (χ4n) is 2.94. The Labute approximate surface area is 167 Å². The van der Waals surface area contributed by atoms with Crippen molar-refractivity contribution < 1.29 is 4.74 Å². The molecule has 0 aliphatic carbocycles. The molecule has 28 heavy (non-hydrogen) atoms. The third-order valence-electron chi connectivity index (χ3n) is 4.28. The van der Waals surface area contributed by atoms with Crippen molar-refractivity contribution in [3.05, 3.63) is 59.6 Å². The Balaban J connectivity index is 1.90. The molecule has 0 amide bonds. The minimum absolute atomic E-state index is 0.465. The average molecular weight is 395 g/mol. The fourth-order valence-corrected chi connectivity index (χ4v) is 3.06. The zero-order valence-corrected chi connectivity index (χ0v) is 16.0. The highest BCUT2D eigenvalue weighted by molar-refractivity contribution is 6.30. The summed E-state index contributed by atoms with van der Waals surface area (Å²) in [6.45, 7) is 1.12. The standard InChI is InChI=1S/C20H19ClN6O/c1-28-12-11-23-20-24-17(13-7-9-14(21)10-8-13)16-18(22)27(26-19(16)25-20)15-5-3-2-4-6-15/h2-10H,11-12,22H2,1H3,(H,23,25,26). The van der Waals surface area contributed by atoms with Crippen LogP contribution in [0.5, 0.6) is 0 Å². The summed E-state index contributed by atoms with van der Waals surface area (Å²) >= 11 is 6.05. The first-order valence-electron chi connectivity index (χ1n) is 8.78. The van der Waals surface area contributed by atoms with Gasteiger partial charge in [0.1, 0.15) is 5.82 Å². The number of nitrogens with two attached hydrogens (primary N) is 1. The molecule has 0 aliphatic rings. The summed E-state index contributed by atoms with van der Waals surface area (Å²) in [5, 5.41) is 9.13. The van der Waals surface area contributed by atoms with Gasteiger partial charge >= 0.3 is 0 Å². The van der Waals surface area contributed by atoms with E-state index in [1.54, 1.807) is 11.8 Å². The van der Waals surface area contributed by atoms with Crippen molar-refractivity contribution in [3.63, 3.8) is 0 Å². The van der Waals surface area contributed by atoms with E-state index in [0.29, 0.717) is 46.7 Å². The van der Waals surface area contributed by atoms with Crippen LogP contribution in [-0.2, 0) is 4.74 Å². The summed E-state index contributed by atoms with van der Waals surface area (Å²) in [6.07, 6.45) is 0. The first kappa shape index (κ1) is 18.2. The topological polar surface area (TPSA) is 90.9 Å². The number of hydrogen-bond acceptors (Lipinski definition) is 6. The zero-order chi connectivity index (χ0) is 19.5. The molecule has 0 aliphatic heterocycles. The number of methoxy groups -OCH3 is 1. The molecule has 7 nitrogen and oxygen atoms in total. The zero-order valence-electron chi connectivity index (χ0n) is 15.3. The van der Waals surface area contributed by atoms with E-state index in [1.165, 1.54) is 0 Å². The molecule has 0 bridgehead atoms. The predicted octanol–water partition coefficient (Wildman–Crippen LogP) is 3.78. The normalized spacial score (nSPS) is 11.1. The lowest BCUT2D eigenvalue weighted by molar-refractivity contribution is 0.210. The van der Waals surface area contributed by atoms with Gasteiger partial charge in [0, 0.05) is 24.2 Å². The Morgan fingerprint density at radius 1 is 1.07 bits per heavy atom. The SMILES string of the molecule is COCCNc1nc(-c2ccc(Cl)cc2)c2c(N)n(-c3ccccc3)nc2n1. The van der Waals surface area contributed by atoms with E-state index in [9.17, 15) is 0 Å². The average Bonchev–Trinajstić information content (AvgIpc) is 3.05. The highest BCUT2D eigenvalue weighted by atomic mass is 35.5. The molecular formula is C20H19ClN6O. The van der Waals surface area contributed by atoms with Crippen molar-refractivity contribution in [1.82, 2.24) is 19.7 Å². The lowest BCUT2D eigenvalue weighted by atomic mass is 10.1. The molecule has 142 valence electrons. The van der Waals surface area contributed by atoms with Crippen LogP contribution in [0.3, 0.4) is 0 Å². The number of benzene rings is 2.